The average Bonchev–Trinajstić information content (AvgIpc) is 2.27. The summed E-state index contributed by atoms with van der Waals surface area (Å²) in [7, 11) is -0.260. The number of hydrogen-bond acceptors (Lipinski definition) is 4. The van der Waals surface area contributed by atoms with E-state index in [9.17, 15) is 21.8 Å². The van der Waals surface area contributed by atoms with E-state index in [1.54, 1.807) is 0 Å². The van der Waals surface area contributed by atoms with Crippen molar-refractivity contribution in [1.82, 2.24) is 5.32 Å². The van der Waals surface area contributed by atoms with Gasteiger partial charge in [0.25, 0.3) is 15.0 Å². The standard InChI is InChI=1S/C10H11ClFNO4S2/c1-18(15)5-4-13-10(14)7-2-3-8(12)9(6-7)19(11,16)17/h2-3,6H,4-5H2,1H3,(H,13,14). The van der Waals surface area contributed by atoms with Crippen LogP contribution in [-0.2, 0) is 19.9 Å². The summed E-state index contributed by atoms with van der Waals surface area (Å²) in [4.78, 5) is 10.9. The molecule has 106 valence electrons. The molecule has 0 aromatic heterocycles. The van der Waals surface area contributed by atoms with Gasteiger partial charge in [-0.15, -0.1) is 0 Å². The number of carbonyl (C=O) groups is 1. The van der Waals surface area contributed by atoms with Crippen LogP contribution in [0.1, 0.15) is 10.4 Å². The van der Waals surface area contributed by atoms with E-state index in [-0.39, 0.29) is 17.9 Å². The molecular formula is C10H11ClFNO4S2. The summed E-state index contributed by atoms with van der Waals surface area (Å²) in [5.74, 6) is -1.35. The first-order valence-electron chi connectivity index (χ1n) is 5.04. The second kappa shape index (κ2) is 6.44. The van der Waals surface area contributed by atoms with Crippen LogP contribution in [0.4, 0.5) is 4.39 Å². The maximum absolute atomic E-state index is 13.3. The molecule has 1 amide bonds. The molecular weight excluding hydrogens is 317 g/mol. The van der Waals surface area contributed by atoms with Crippen LogP contribution < -0.4 is 5.32 Å². The smallest absolute Gasteiger partial charge is 0.264 e. The predicted molar refractivity (Wildman–Crippen MR) is 70.7 cm³/mol. The van der Waals surface area contributed by atoms with Crippen molar-refractivity contribution in [3.63, 3.8) is 0 Å². The van der Waals surface area contributed by atoms with E-state index in [1.807, 2.05) is 0 Å². The number of nitrogens with one attached hydrogen (secondary N) is 1. The van der Waals surface area contributed by atoms with Crippen molar-refractivity contribution >= 4 is 36.4 Å². The van der Waals surface area contributed by atoms with Crippen molar-refractivity contribution in [2.45, 2.75) is 4.90 Å². The van der Waals surface area contributed by atoms with E-state index in [4.69, 9.17) is 10.7 Å². The van der Waals surface area contributed by atoms with Gasteiger partial charge < -0.3 is 5.32 Å². The van der Waals surface area contributed by atoms with Gasteiger partial charge in [-0.25, -0.2) is 12.8 Å². The third-order valence-corrected chi connectivity index (χ3v) is 4.25. The number of halogens is 2. The van der Waals surface area contributed by atoms with Crippen LogP contribution in [0.15, 0.2) is 23.1 Å². The molecule has 0 aliphatic rings. The molecule has 0 saturated heterocycles. The third-order valence-electron chi connectivity index (χ3n) is 2.13. The minimum absolute atomic E-state index is 0.0393. The molecule has 19 heavy (non-hydrogen) atoms. The van der Waals surface area contributed by atoms with E-state index in [0.29, 0.717) is 0 Å². The predicted octanol–water partition coefficient (Wildman–Crippen LogP) is 0.862. The molecule has 0 heterocycles. The normalized spacial score (nSPS) is 13.0. The van der Waals surface area contributed by atoms with Gasteiger partial charge in [0.05, 0.1) is 0 Å². The largest absolute Gasteiger partial charge is 0.351 e. The van der Waals surface area contributed by atoms with Gasteiger partial charge in [0, 0.05) is 45.6 Å². The molecule has 0 aliphatic heterocycles. The third kappa shape index (κ3) is 4.88. The summed E-state index contributed by atoms with van der Waals surface area (Å²) < 4.78 is 46.2. The molecule has 1 aromatic carbocycles. The fourth-order valence-corrected chi connectivity index (χ4v) is 2.55. The molecule has 1 atom stereocenters. The zero-order chi connectivity index (χ0) is 14.6. The molecule has 1 aromatic rings. The second-order valence-corrected chi connectivity index (χ2v) is 7.71. The van der Waals surface area contributed by atoms with Crippen LogP contribution in [-0.4, -0.2) is 37.1 Å². The molecule has 9 heteroatoms. The molecule has 0 fully saturated rings. The van der Waals surface area contributed by atoms with Crippen LogP contribution in [0.25, 0.3) is 0 Å². The summed E-state index contributed by atoms with van der Waals surface area (Å²) in [6, 6.07) is 2.84. The van der Waals surface area contributed by atoms with E-state index in [0.717, 1.165) is 18.2 Å². The molecule has 0 bridgehead atoms. The molecule has 0 saturated carbocycles. The summed E-state index contributed by atoms with van der Waals surface area (Å²) in [5, 5.41) is 2.44. The Bertz CT molecular complexity index is 618. The number of benzene rings is 1. The lowest BCUT2D eigenvalue weighted by Crippen LogP contribution is -2.27. The lowest BCUT2D eigenvalue weighted by molar-refractivity contribution is 0.0956. The molecule has 1 unspecified atom stereocenters. The Kier molecular flexibility index (Phi) is 5.45. The van der Waals surface area contributed by atoms with Crippen molar-refractivity contribution in [1.29, 1.82) is 0 Å². The summed E-state index contributed by atoms with van der Waals surface area (Å²) in [5.41, 5.74) is -0.0393. The first kappa shape index (κ1) is 16.1. The van der Waals surface area contributed by atoms with E-state index in [2.05, 4.69) is 5.32 Å². The van der Waals surface area contributed by atoms with Crippen molar-refractivity contribution in [2.75, 3.05) is 18.6 Å². The molecule has 0 aliphatic carbocycles. The highest BCUT2D eigenvalue weighted by Gasteiger charge is 2.18. The fraction of sp³-hybridized carbons (Fsp3) is 0.300. The quantitative estimate of drug-likeness (QED) is 0.813. The van der Waals surface area contributed by atoms with Gasteiger partial charge in [0.2, 0.25) is 0 Å². The highest BCUT2D eigenvalue weighted by Crippen LogP contribution is 2.20. The maximum Gasteiger partial charge on any atom is 0.264 e. The van der Waals surface area contributed by atoms with Crippen molar-refractivity contribution in [3.8, 4) is 0 Å². The number of rotatable bonds is 5. The van der Waals surface area contributed by atoms with E-state index < -0.39 is 36.5 Å². The second-order valence-electron chi connectivity index (χ2n) is 3.62. The Morgan fingerprint density at radius 2 is 2.11 bits per heavy atom. The van der Waals surface area contributed by atoms with Gasteiger partial charge in [-0.05, 0) is 18.2 Å². The average molecular weight is 328 g/mol. The summed E-state index contributed by atoms with van der Waals surface area (Å²) in [6.45, 7) is 0.169. The summed E-state index contributed by atoms with van der Waals surface area (Å²) in [6.07, 6.45) is 1.49. The van der Waals surface area contributed by atoms with Crippen molar-refractivity contribution in [3.05, 3.63) is 29.6 Å². The highest BCUT2D eigenvalue weighted by atomic mass is 35.7. The number of carbonyl (C=O) groups excluding carboxylic acids is 1. The van der Waals surface area contributed by atoms with Crippen LogP contribution in [0.2, 0.25) is 0 Å². The number of hydrogen-bond donors (Lipinski definition) is 1. The Morgan fingerprint density at radius 1 is 1.47 bits per heavy atom. The van der Waals surface area contributed by atoms with Gasteiger partial charge in [0.15, 0.2) is 0 Å². The topological polar surface area (TPSA) is 80.3 Å². The first-order chi connectivity index (χ1) is 8.71. The van der Waals surface area contributed by atoms with Crippen LogP contribution in [0.5, 0.6) is 0 Å². The maximum atomic E-state index is 13.3. The van der Waals surface area contributed by atoms with Gasteiger partial charge in [-0.1, -0.05) is 0 Å². The lowest BCUT2D eigenvalue weighted by atomic mass is 10.2. The van der Waals surface area contributed by atoms with Crippen molar-refractivity contribution < 1.29 is 21.8 Å². The van der Waals surface area contributed by atoms with Crippen LogP contribution in [0, 0.1) is 5.82 Å². The Balaban J connectivity index is 2.91. The van der Waals surface area contributed by atoms with Crippen LogP contribution in [0.3, 0.4) is 0 Å². The zero-order valence-electron chi connectivity index (χ0n) is 9.85. The van der Waals surface area contributed by atoms with E-state index >= 15 is 0 Å². The molecule has 1 rings (SSSR count). The Labute approximate surface area is 117 Å². The highest BCUT2D eigenvalue weighted by molar-refractivity contribution is 8.13. The minimum Gasteiger partial charge on any atom is -0.351 e. The number of amides is 1. The Hall–Kier alpha value is -0.990. The molecule has 1 N–H and O–H groups in total. The van der Waals surface area contributed by atoms with Gasteiger partial charge >= 0.3 is 0 Å². The lowest BCUT2D eigenvalue weighted by Gasteiger charge is -2.06. The van der Waals surface area contributed by atoms with Crippen LogP contribution >= 0.6 is 10.7 Å². The zero-order valence-corrected chi connectivity index (χ0v) is 12.2. The monoisotopic (exact) mass is 327 g/mol. The fourth-order valence-electron chi connectivity index (χ4n) is 1.24. The van der Waals surface area contributed by atoms with Gasteiger partial charge in [0.1, 0.15) is 10.7 Å². The van der Waals surface area contributed by atoms with E-state index in [1.165, 1.54) is 6.26 Å². The first-order valence-corrected chi connectivity index (χ1v) is 9.08. The summed E-state index contributed by atoms with van der Waals surface area (Å²) >= 11 is 0. The molecule has 5 nitrogen and oxygen atoms in total. The Morgan fingerprint density at radius 3 is 2.63 bits per heavy atom. The van der Waals surface area contributed by atoms with Crippen molar-refractivity contribution in [2.24, 2.45) is 0 Å². The molecule has 0 spiro atoms. The van der Waals surface area contributed by atoms with Gasteiger partial charge in [-0.3, -0.25) is 9.00 Å². The minimum atomic E-state index is -4.25. The van der Waals surface area contributed by atoms with Gasteiger partial charge in [-0.2, -0.15) is 0 Å². The SMILES string of the molecule is CS(=O)CCNC(=O)c1ccc(F)c(S(=O)(=O)Cl)c1. The molecule has 0 radical (unpaired) electrons.